The molecule has 2 rings (SSSR count). The third-order valence-corrected chi connectivity index (χ3v) is 3.04. The molecule has 0 unspecified atom stereocenters. The van der Waals surface area contributed by atoms with Gasteiger partial charge in [-0.2, -0.15) is 0 Å². The van der Waals surface area contributed by atoms with Crippen LogP contribution in [-0.4, -0.2) is 15.9 Å². The number of nitrogens with zero attached hydrogens (tertiary/aromatic N) is 2. The van der Waals surface area contributed by atoms with Crippen LogP contribution in [0.2, 0.25) is 0 Å². The SMILES string of the molecule is NC(=O)C(=CSc1ccncn1)c1ccccc1. The van der Waals surface area contributed by atoms with Gasteiger partial charge >= 0.3 is 0 Å². The summed E-state index contributed by atoms with van der Waals surface area (Å²) in [5, 5.41) is 2.47. The standard InChI is InChI=1S/C13H11N3OS/c14-13(17)11(10-4-2-1-3-5-10)8-18-12-6-7-15-9-16-12/h1-9H,(H2,14,17). The van der Waals surface area contributed by atoms with E-state index >= 15 is 0 Å². The molecule has 0 aliphatic heterocycles. The lowest BCUT2D eigenvalue weighted by molar-refractivity contribution is -0.112. The summed E-state index contributed by atoms with van der Waals surface area (Å²) in [6, 6.07) is 11.1. The summed E-state index contributed by atoms with van der Waals surface area (Å²) in [7, 11) is 0. The zero-order chi connectivity index (χ0) is 12.8. The predicted octanol–water partition coefficient (Wildman–Crippen LogP) is 2.10. The Morgan fingerprint density at radius 1 is 1.22 bits per heavy atom. The maximum Gasteiger partial charge on any atom is 0.249 e. The largest absolute Gasteiger partial charge is 0.366 e. The first kappa shape index (κ1) is 12.3. The van der Waals surface area contributed by atoms with Crippen LogP contribution in [0.4, 0.5) is 0 Å². The lowest BCUT2D eigenvalue weighted by atomic mass is 10.1. The minimum Gasteiger partial charge on any atom is -0.366 e. The summed E-state index contributed by atoms with van der Waals surface area (Å²) in [5.74, 6) is -0.456. The maximum absolute atomic E-state index is 11.4. The van der Waals surface area contributed by atoms with Gasteiger partial charge in [0.15, 0.2) is 0 Å². The molecule has 0 fully saturated rings. The number of carbonyl (C=O) groups excluding carboxylic acids is 1. The van der Waals surface area contributed by atoms with Crippen LogP contribution in [0.25, 0.3) is 5.57 Å². The molecule has 0 radical (unpaired) electrons. The quantitative estimate of drug-likeness (QED) is 0.517. The van der Waals surface area contributed by atoms with Gasteiger partial charge in [0.25, 0.3) is 0 Å². The molecule has 0 aliphatic rings. The first-order valence-corrected chi connectivity index (χ1v) is 6.13. The smallest absolute Gasteiger partial charge is 0.249 e. The van der Waals surface area contributed by atoms with Gasteiger partial charge in [0.2, 0.25) is 5.91 Å². The van der Waals surface area contributed by atoms with Gasteiger partial charge in [-0.25, -0.2) is 9.97 Å². The van der Waals surface area contributed by atoms with Crippen molar-refractivity contribution in [1.29, 1.82) is 0 Å². The van der Waals surface area contributed by atoms with E-state index < -0.39 is 5.91 Å². The number of primary amides is 1. The van der Waals surface area contributed by atoms with Gasteiger partial charge in [-0.1, -0.05) is 42.1 Å². The molecule has 0 spiro atoms. The monoisotopic (exact) mass is 257 g/mol. The zero-order valence-electron chi connectivity index (χ0n) is 9.48. The Hall–Kier alpha value is -2.14. The van der Waals surface area contributed by atoms with Crippen molar-refractivity contribution in [2.75, 3.05) is 0 Å². The van der Waals surface area contributed by atoms with Gasteiger partial charge in [0, 0.05) is 6.20 Å². The summed E-state index contributed by atoms with van der Waals surface area (Å²) in [4.78, 5) is 19.3. The lowest BCUT2D eigenvalue weighted by Crippen LogP contribution is -2.12. The molecule has 0 aliphatic carbocycles. The van der Waals surface area contributed by atoms with Crippen LogP contribution in [0.5, 0.6) is 0 Å². The molecule has 1 heterocycles. The van der Waals surface area contributed by atoms with E-state index in [0.29, 0.717) is 5.57 Å². The van der Waals surface area contributed by atoms with Gasteiger partial charge in [-0.05, 0) is 17.0 Å². The molecule has 0 saturated carbocycles. The fraction of sp³-hybridized carbons (Fsp3) is 0. The molecule has 5 heteroatoms. The van der Waals surface area contributed by atoms with Crippen LogP contribution >= 0.6 is 11.8 Å². The Bertz CT molecular complexity index is 555. The minimum atomic E-state index is -0.456. The van der Waals surface area contributed by atoms with Crippen molar-refractivity contribution >= 4 is 23.2 Å². The molecule has 2 aromatic rings. The van der Waals surface area contributed by atoms with Crippen molar-refractivity contribution in [3.05, 3.63) is 59.9 Å². The fourth-order valence-corrected chi connectivity index (χ4v) is 2.09. The molecule has 4 nitrogen and oxygen atoms in total. The van der Waals surface area contributed by atoms with E-state index in [4.69, 9.17) is 5.73 Å². The normalized spacial score (nSPS) is 11.2. The van der Waals surface area contributed by atoms with Gasteiger partial charge in [0.05, 0.1) is 5.57 Å². The molecule has 18 heavy (non-hydrogen) atoms. The number of benzene rings is 1. The average molecular weight is 257 g/mol. The summed E-state index contributed by atoms with van der Waals surface area (Å²) >= 11 is 1.34. The van der Waals surface area contributed by atoms with E-state index in [1.807, 2.05) is 30.3 Å². The fourth-order valence-electron chi connectivity index (χ4n) is 1.35. The molecular formula is C13H11N3OS. The van der Waals surface area contributed by atoms with E-state index in [0.717, 1.165) is 10.6 Å². The Morgan fingerprint density at radius 2 is 2.00 bits per heavy atom. The van der Waals surface area contributed by atoms with Crippen LogP contribution < -0.4 is 5.73 Å². The molecular weight excluding hydrogens is 246 g/mol. The highest BCUT2D eigenvalue weighted by atomic mass is 32.2. The number of nitrogens with two attached hydrogens (primary N) is 1. The van der Waals surface area contributed by atoms with Crippen LogP contribution in [-0.2, 0) is 4.79 Å². The van der Waals surface area contributed by atoms with Crippen molar-refractivity contribution in [2.24, 2.45) is 5.73 Å². The highest BCUT2D eigenvalue weighted by molar-refractivity contribution is 8.02. The molecule has 0 atom stereocenters. The number of carbonyl (C=O) groups is 1. The molecule has 0 bridgehead atoms. The zero-order valence-corrected chi connectivity index (χ0v) is 10.3. The number of thioether (sulfide) groups is 1. The predicted molar refractivity (Wildman–Crippen MR) is 71.5 cm³/mol. The molecule has 1 aromatic heterocycles. The third kappa shape index (κ3) is 3.18. The number of rotatable bonds is 4. The molecule has 90 valence electrons. The number of hydrogen-bond donors (Lipinski definition) is 1. The Kier molecular flexibility index (Phi) is 4.09. The van der Waals surface area contributed by atoms with Crippen molar-refractivity contribution in [1.82, 2.24) is 9.97 Å². The second-order valence-electron chi connectivity index (χ2n) is 3.43. The van der Waals surface area contributed by atoms with Gasteiger partial charge < -0.3 is 5.73 Å². The summed E-state index contributed by atoms with van der Waals surface area (Å²) in [5.41, 5.74) is 6.65. The Labute approximate surface area is 109 Å². The Balaban J connectivity index is 2.24. The second-order valence-corrected chi connectivity index (χ2v) is 4.32. The van der Waals surface area contributed by atoms with Crippen LogP contribution in [0, 0.1) is 0 Å². The topological polar surface area (TPSA) is 68.9 Å². The molecule has 2 N–H and O–H groups in total. The van der Waals surface area contributed by atoms with E-state index in [9.17, 15) is 4.79 Å². The first-order chi connectivity index (χ1) is 8.77. The van der Waals surface area contributed by atoms with Crippen molar-refractivity contribution in [2.45, 2.75) is 5.03 Å². The first-order valence-electron chi connectivity index (χ1n) is 5.25. The van der Waals surface area contributed by atoms with Gasteiger partial charge in [0.1, 0.15) is 11.4 Å². The second kappa shape index (κ2) is 5.97. The highest BCUT2D eigenvalue weighted by Gasteiger charge is 2.07. The van der Waals surface area contributed by atoms with E-state index in [-0.39, 0.29) is 0 Å². The van der Waals surface area contributed by atoms with Crippen LogP contribution in [0.3, 0.4) is 0 Å². The van der Waals surface area contributed by atoms with Crippen molar-refractivity contribution in [3.8, 4) is 0 Å². The highest BCUT2D eigenvalue weighted by Crippen LogP contribution is 2.22. The lowest BCUT2D eigenvalue weighted by Gasteiger charge is -2.03. The molecule has 1 aromatic carbocycles. The van der Waals surface area contributed by atoms with Gasteiger partial charge in [-0.15, -0.1) is 0 Å². The third-order valence-electron chi connectivity index (χ3n) is 2.20. The number of aromatic nitrogens is 2. The molecule has 0 saturated heterocycles. The van der Waals surface area contributed by atoms with Gasteiger partial charge in [-0.3, -0.25) is 4.79 Å². The Morgan fingerprint density at radius 3 is 2.61 bits per heavy atom. The summed E-state index contributed by atoms with van der Waals surface area (Å²) < 4.78 is 0. The average Bonchev–Trinajstić information content (AvgIpc) is 2.41. The number of hydrogen-bond acceptors (Lipinski definition) is 4. The minimum absolute atomic E-state index is 0.456. The van der Waals surface area contributed by atoms with Crippen molar-refractivity contribution < 1.29 is 4.79 Å². The van der Waals surface area contributed by atoms with Crippen molar-refractivity contribution in [3.63, 3.8) is 0 Å². The van der Waals surface area contributed by atoms with E-state index in [1.165, 1.54) is 18.1 Å². The van der Waals surface area contributed by atoms with E-state index in [2.05, 4.69) is 9.97 Å². The number of amides is 1. The summed E-state index contributed by atoms with van der Waals surface area (Å²) in [6.07, 6.45) is 3.11. The summed E-state index contributed by atoms with van der Waals surface area (Å²) in [6.45, 7) is 0. The maximum atomic E-state index is 11.4. The van der Waals surface area contributed by atoms with Crippen LogP contribution in [0.15, 0.2) is 59.4 Å². The molecule has 1 amide bonds. The van der Waals surface area contributed by atoms with Crippen LogP contribution in [0.1, 0.15) is 5.56 Å². The van der Waals surface area contributed by atoms with E-state index in [1.54, 1.807) is 17.7 Å².